The van der Waals surface area contributed by atoms with E-state index in [2.05, 4.69) is 29.2 Å². The van der Waals surface area contributed by atoms with Crippen LogP contribution in [-0.2, 0) is 27.8 Å². The molecule has 6 heteroatoms. The molecule has 5 rings (SSSR count). The molecule has 1 spiro atoms. The van der Waals surface area contributed by atoms with Crippen LogP contribution in [0.5, 0.6) is 17.2 Å². The predicted octanol–water partition coefficient (Wildman–Crippen LogP) is 3.86. The van der Waals surface area contributed by atoms with Crippen molar-refractivity contribution >= 4 is 5.78 Å². The number of nitrogens with zero attached hydrogens (tertiary/aromatic N) is 1. The van der Waals surface area contributed by atoms with Gasteiger partial charge >= 0.3 is 0 Å². The molecule has 2 unspecified atom stereocenters. The summed E-state index contributed by atoms with van der Waals surface area (Å²) in [5.74, 6) is 2.72. The van der Waals surface area contributed by atoms with E-state index in [-0.39, 0.29) is 11.2 Å². The van der Waals surface area contributed by atoms with E-state index in [1.54, 1.807) is 34.5 Å². The second kappa shape index (κ2) is 8.84. The van der Waals surface area contributed by atoms with Gasteiger partial charge in [-0.25, -0.2) is 0 Å². The minimum Gasteiger partial charge on any atom is -0.497 e. The molecule has 1 heterocycles. The molecule has 6 nitrogen and oxygen atoms in total. The minimum atomic E-state index is -0.302. The van der Waals surface area contributed by atoms with E-state index in [9.17, 15) is 4.79 Å². The quantitative estimate of drug-likeness (QED) is 0.624. The third kappa shape index (κ3) is 3.66. The number of hydrogen-bond donors (Lipinski definition) is 0. The van der Waals surface area contributed by atoms with E-state index in [0.29, 0.717) is 11.8 Å². The molecule has 2 aliphatic carbocycles. The van der Waals surface area contributed by atoms with Crippen LogP contribution in [0.3, 0.4) is 0 Å². The molecule has 0 radical (unpaired) electrons. The summed E-state index contributed by atoms with van der Waals surface area (Å²) in [6.07, 6.45) is 6.64. The lowest BCUT2D eigenvalue weighted by Crippen LogP contribution is -2.55. The maximum Gasteiger partial charge on any atom is 0.220 e. The maximum absolute atomic E-state index is 12.7. The van der Waals surface area contributed by atoms with Gasteiger partial charge in [-0.3, -0.25) is 9.69 Å². The SMILES string of the molecule is COC1=CC23CC(Cc4cc(OC)ccc42)N(CCc2ccc(OC)c(OC)c2)CC3=CC1=O. The van der Waals surface area contributed by atoms with E-state index < -0.39 is 0 Å². The number of likely N-dealkylation sites (tertiary alicyclic amines) is 1. The standard InChI is InChI=1S/C28H31NO5/c1-31-22-6-7-23-19(13-22)12-21-15-28(23)16-27(34-4)24(30)14-20(28)17-29(21)10-9-18-5-8-25(32-2)26(11-18)33-3/h5-8,11,13-14,16,21H,9-10,12,15,17H2,1-4H3. The van der Waals surface area contributed by atoms with Gasteiger partial charge in [0.05, 0.1) is 28.4 Å². The lowest BCUT2D eigenvalue weighted by molar-refractivity contribution is -0.114. The van der Waals surface area contributed by atoms with E-state index in [1.807, 2.05) is 18.2 Å². The Morgan fingerprint density at radius 2 is 1.79 bits per heavy atom. The number of ketones is 1. The number of benzene rings is 2. The van der Waals surface area contributed by atoms with Crippen LogP contribution in [0, 0.1) is 0 Å². The Morgan fingerprint density at radius 1 is 0.971 bits per heavy atom. The van der Waals surface area contributed by atoms with Gasteiger partial charge in [0.2, 0.25) is 5.78 Å². The van der Waals surface area contributed by atoms with E-state index in [0.717, 1.165) is 55.2 Å². The first-order valence-corrected chi connectivity index (χ1v) is 11.7. The van der Waals surface area contributed by atoms with E-state index in [4.69, 9.17) is 18.9 Å². The molecule has 0 saturated carbocycles. The van der Waals surface area contributed by atoms with E-state index >= 15 is 0 Å². The molecular formula is C28H31NO5. The molecule has 0 N–H and O–H groups in total. The number of piperidine rings is 1. The van der Waals surface area contributed by atoms with Gasteiger partial charge < -0.3 is 18.9 Å². The van der Waals surface area contributed by atoms with Crippen molar-refractivity contribution < 1.29 is 23.7 Å². The molecule has 2 atom stereocenters. The maximum atomic E-state index is 12.7. The molecular weight excluding hydrogens is 430 g/mol. The monoisotopic (exact) mass is 461 g/mol. The molecule has 2 aromatic carbocycles. The molecule has 2 aromatic rings. The number of ether oxygens (including phenoxy) is 4. The Balaban J connectivity index is 1.47. The molecule has 0 amide bonds. The highest BCUT2D eigenvalue weighted by molar-refractivity contribution is 6.05. The molecule has 34 heavy (non-hydrogen) atoms. The van der Waals surface area contributed by atoms with Crippen LogP contribution in [-0.4, -0.2) is 58.3 Å². The van der Waals surface area contributed by atoms with Crippen LogP contribution in [0.25, 0.3) is 0 Å². The predicted molar refractivity (Wildman–Crippen MR) is 130 cm³/mol. The van der Waals surface area contributed by atoms with Gasteiger partial charge in [-0.1, -0.05) is 12.1 Å². The van der Waals surface area contributed by atoms with E-state index in [1.165, 1.54) is 16.7 Å². The normalized spacial score (nSPS) is 23.3. The fraction of sp³-hybridized carbons (Fsp3) is 0.393. The number of rotatable bonds is 7. The van der Waals surface area contributed by atoms with Gasteiger partial charge in [0.1, 0.15) is 5.75 Å². The zero-order valence-electron chi connectivity index (χ0n) is 20.2. The highest BCUT2D eigenvalue weighted by Gasteiger charge is 2.49. The van der Waals surface area contributed by atoms with Crippen molar-refractivity contribution in [3.05, 3.63) is 76.6 Å². The smallest absolute Gasteiger partial charge is 0.220 e. The molecule has 0 aromatic heterocycles. The average molecular weight is 462 g/mol. The summed E-state index contributed by atoms with van der Waals surface area (Å²) in [5.41, 5.74) is 4.58. The Hall–Kier alpha value is -3.25. The first kappa shape index (κ1) is 22.5. The highest BCUT2D eigenvalue weighted by atomic mass is 16.5. The van der Waals surface area contributed by atoms with Gasteiger partial charge in [-0.05, 0) is 77.9 Å². The van der Waals surface area contributed by atoms with Crippen LogP contribution in [0.2, 0.25) is 0 Å². The van der Waals surface area contributed by atoms with Gasteiger partial charge in [-0.15, -0.1) is 0 Å². The van der Waals surface area contributed by atoms with Crippen LogP contribution < -0.4 is 14.2 Å². The number of carbonyl (C=O) groups is 1. The summed E-state index contributed by atoms with van der Waals surface area (Å²) in [6, 6.07) is 12.8. The Bertz CT molecular complexity index is 1180. The zero-order valence-corrected chi connectivity index (χ0v) is 20.2. The van der Waals surface area contributed by atoms with Crippen molar-refractivity contribution in [3.63, 3.8) is 0 Å². The molecule has 2 bridgehead atoms. The summed E-state index contributed by atoms with van der Waals surface area (Å²) in [7, 11) is 6.59. The lowest BCUT2D eigenvalue weighted by Gasteiger charge is -2.52. The van der Waals surface area contributed by atoms with Crippen LogP contribution in [0.4, 0.5) is 0 Å². The molecule has 1 saturated heterocycles. The lowest BCUT2D eigenvalue weighted by atomic mass is 9.59. The second-order valence-corrected chi connectivity index (χ2v) is 9.21. The van der Waals surface area contributed by atoms with Crippen molar-refractivity contribution in [1.29, 1.82) is 0 Å². The summed E-state index contributed by atoms with van der Waals surface area (Å²) >= 11 is 0. The molecule has 1 fully saturated rings. The van der Waals surface area contributed by atoms with Crippen LogP contribution in [0.15, 0.2) is 59.9 Å². The van der Waals surface area contributed by atoms with Gasteiger partial charge in [-0.2, -0.15) is 0 Å². The topological polar surface area (TPSA) is 57.2 Å². The fourth-order valence-corrected chi connectivity index (χ4v) is 5.82. The first-order chi connectivity index (χ1) is 16.5. The van der Waals surface area contributed by atoms with Crippen molar-refractivity contribution in [2.45, 2.75) is 30.7 Å². The van der Waals surface area contributed by atoms with Gasteiger partial charge in [0.25, 0.3) is 0 Å². The Labute approximate surface area is 200 Å². The number of allylic oxidation sites excluding steroid dienone is 2. The highest BCUT2D eigenvalue weighted by Crippen LogP contribution is 2.51. The van der Waals surface area contributed by atoms with Crippen molar-refractivity contribution in [3.8, 4) is 17.2 Å². The second-order valence-electron chi connectivity index (χ2n) is 9.21. The third-order valence-electron chi connectivity index (χ3n) is 7.55. The minimum absolute atomic E-state index is 0.0537. The fourth-order valence-electron chi connectivity index (χ4n) is 5.82. The number of carbonyl (C=O) groups excluding carboxylic acids is 1. The summed E-state index contributed by atoms with van der Waals surface area (Å²) in [4.78, 5) is 15.2. The van der Waals surface area contributed by atoms with Crippen LogP contribution in [0.1, 0.15) is 23.1 Å². The van der Waals surface area contributed by atoms with Gasteiger partial charge in [0.15, 0.2) is 17.3 Å². The Morgan fingerprint density at radius 3 is 2.53 bits per heavy atom. The van der Waals surface area contributed by atoms with Crippen LogP contribution >= 0.6 is 0 Å². The molecule has 1 aliphatic heterocycles. The number of methoxy groups -OCH3 is 4. The number of hydrogen-bond acceptors (Lipinski definition) is 6. The van der Waals surface area contributed by atoms with Crippen molar-refractivity contribution in [2.75, 3.05) is 41.5 Å². The average Bonchev–Trinajstić information content (AvgIpc) is 2.87. The molecule has 178 valence electrons. The Kier molecular flexibility index (Phi) is 5.86. The zero-order chi connectivity index (χ0) is 23.9. The van der Waals surface area contributed by atoms with Crippen molar-refractivity contribution in [2.24, 2.45) is 0 Å². The largest absolute Gasteiger partial charge is 0.497 e. The third-order valence-corrected chi connectivity index (χ3v) is 7.55. The number of fused-ring (bicyclic) bond motifs is 2. The summed E-state index contributed by atoms with van der Waals surface area (Å²) < 4.78 is 21.9. The van der Waals surface area contributed by atoms with Crippen molar-refractivity contribution in [1.82, 2.24) is 4.90 Å². The molecule has 3 aliphatic rings. The summed E-state index contributed by atoms with van der Waals surface area (Å²) in [6.45, 7) is 1.66. The summed E-state index contributed by atoms with van der Waals surface area (Å²) in [5, 5.41) is 0. The van der Waals surface area contributed by atoms with Gasteiger partial charge in [0, 0.05) is 24.5 Å². The first-order valence-electron chi connectivity index (χ1n) is 11.7.